The summed E-state index contributed by atoms with van der Waals surface area (Å²) in [5, 5.41) is 2.16. The van der Waals surface area contributed by atoms with Gasteiger partial charge in [0.05, 0.1) is 6.26 Å². The first-order valence-corrected chi connectivity index (χ1v) is 3.25. The first-order valence-electron chi connectivity index (χ1n) is 2.84. The highest BCUT2D eigenvalue weighted by Gasteiger charge is 2.07. The Labute approximate surface area is 68.4 Å². The minimum atomic E-state index is -0.428. The average Bonchev–Trinajstić information content (AvgIpc) is 2.35. The third-order valence-electron chi connectivity index (χ3n) is 0.982. The van der Waals surface area contributed by atoms with Gasteiger partial charge in [0.25, 0.3) is 5.91 Å². The normalized spacial score (nSPS) is 9.09. The van der Waals surface area contributed by atoms with Crippen molar-refractivity contribution in [1.82, 2.24) is 5.32 Å². The molecule has 0 spiro atoms. The molecule has 5 heteroatoms. The summed E-state index contributed by atoms with van der Waals surface area (Å²) in [7, 11) is 0. The van der Waals surface area contributed by atoms with Gasteiger partial charge in [-0.2, -0.15) is 0 Å². The van der Waals surface area contributed by atoms with Crippen molar-refractivity contribution in [1.29, 1.82) is 0 Å². The number of hydrogen-bond acceptors (Lipinski definition) is 3. The van der Waals surface area contributed by atoms with Crippen LogP contribution in [0.1, 0.15) is 10.6 Å². The van der Waals surface area contributed by atoms with E-state index < -0.39 is 5.91 Å². The second kappa shape index (κ2) is 3.16. The standard InChI is InChI=1S/C6H6N2O2S/c7-6(11)8-5(9)4-2-1-3-10-4/h1-3H,(H3,7,8,9,11). The Bertz CT molecular complexity index is 268. The van der Waals surface area contributed by atoms with E-state index in [0.717, 1.165) is 0 Å². The molecule has 0 fully saturated rings. The molecule has 1 aromatic rings. The lowest BCUT2D eigenvalue weighted by Crippen LogP contribution is -2.34. The van der Waals surface area contributed by atoms with Crippen LogP contribution in [-0.4, -0.2) is 11.0 Å². The van der Waals surface area contributed by atoms with Crippen LogP contribution < -0.4 is 11.1 Å². The van der Waals surface area contributed by atoms with Crippen molar-refractivity contribution < 1.29 is 9.21 Å². The molecule has 0 aliphatic carbocycles. The minimum absolute atomic E-state index is 0.0635. The second-order valence-electron chi connectivity index (χ2n) is 1.80. The SMILES string of the molecule is NC(=S)NC(=O)c1ccco1. The van der Waals surface area contributed by atoms with E-state index in [0.29, 0.717) is 0 Å². The number of carbonyl (C=O) groups is 1. The van der Waals surface area contributed by atoms with Gasteiger partial charge in [-0.3, -0.25) is 10.1 Å². The van der Waals surface area contributed by atoms with Gasteiger partial charge in [0.1, 0.15) is 0 Å². The molecule has 0 unspecified atom stereocenters. The molecule has 11 heavy (non-hydrogen) atoms. The van der Waals surface area contributed by atoms with Gasteiger partial charge < -0.3 is 10.2 Å². The number of carbonyl (C=O) groups excluding carboxylic acids is 1. The summed E-state index contributed by atoms with van der Waals surface area (Å²) >= 11 is 4.45. The molecular weight excluding hydrogens is 164 g/mol. The molecule has 0 aliphatic heterocycles. The van der Waals surface area contributed by atoms with E-state index in [4.69, 9.17) is 10.2 Å². The van der Waals surface area contributed by atoms with Crippen molar-refractivity contribution in [2.45, 2.75) is 0 Å². The fourth-order valence-corrected chi connectivity index (χ4v) is 0.674. The molecule has 0 atom stereocenters. The Morgan fingerprint density at radius 2 is 2.45 bits per heavy atom. The van der Waals surface area contributed by atoms with Gasteiger partial charge in [0.2, 0.25) is 0 Å². The van der Waals surface area contributed by atoms with Crippen LogP contribution in [0.15, 0.2) is 22.8 Å². The molecule has 1 amide bonds. The summed E-state index contributed by atoms with van der Waals surface area (Å²) in [6.45, 7) is 0. The monoisotopic (exact) mass is 170 g/mol. The van der Waals surface area contributed by atoms with Crippen molar-refractivity contribution in [3.63, 3.8) is 0 Å². The fraction of sp³-hybridized carbons (Fsp3) is 0. The van der Waals surface area contributed by atoms with Crippen LogP contribution in [0.2, 0.25) is 0 Å². The van der Waals surface area contributed by atoms with Crippen molar-refractivity contribution in [2.75, 3.05) is 0 Å². The number of nitrogens with two attached hydrogens (primary N) is 1. The van der Waals surface area contributed by atoms with Crippen LogP contribution >= 0.6 is 12.2 Å². The number of nitrogens with one attached hydrogen (secondary N) is 1. The number of amides is 1. The maximum absolute atomic E-state index is 10.9. The van der Waals surface area contributed by atoms with Crippen molar-refractivity contribution in [3.8, 4) is 0 Å². The maximum atomic E-state index is 10.9. The summed E-state index contributed by atoms with van der Waals surface area (Å²) in [6, 6.07) is 3.13. The van der Waals surface area contributed by atoms with Gasteiger partial charge in [0.15, 0.2) is 10.9 Å². The van der Waals surface area contributed by atoms with Gasteiger partial charge in [-0.15, -0.1) is 0 Å². The smallest absolute Gasteiger partial charge is 0.293 e. The lowest BCUT2D eigenvalue weighted by molar-refractivity contribution is 0.0950. The van der Waals surface area contributed by atoms with Crippen LogP contribution in [0.4, 0.5) is 0 Å². The number of rotatable bonds is 1. The first kappa shape index (κ1) is 7.74. The number of thiocarbonyl (C=S) groups is 1. The molecule has 3 N–H and O–H groups in total. The first-order chi connectivity index (χ1) is 5.20. The second-order valence-corrected chi connectivity index (χ2v) is 2.24. The molecule has 1 rings (SSSR count). The highest BCUT2D eigenvalue weighted by molar-refractivity contribution is 7.80. The van der Waals surface area contributed by atoms with Crippen LogP contribution in [0.3, 0.4) is 0 Å². The van der Waals surface area contributed by atoms with E-state index in [1.807, 2.05) is 0 Å². The van der Waals surface area contributed by atoms with Crippen molar-refractivity contribution in [3.05, 3.63) is 24.2 Å². The van der Waals surface area contributed by atoms with Crippen molar-refractivity contribution >= 4 is 23.2 Å². The van der Waals surface area contributed by atoms with Gasteiger partial charge in [-0.1, -0.05) is 0 Å². The zero-order valence-corrected chi connectivity index (χ0v) is 6.35. The molecule has 1 aromatic heterocycles. The summed E-state index contributed by atoms with van der Waals surface area (Å²) in [4.78, 5) is 10.9. The van der Waals surface area contributed by atoms with Crippen LogP contribution in [0.5, 0.6) is 0 Å². The Morgan fingerprint density at radius 1 is 1.73 bits per heavy atom. The molecule has 0 saturated carbocycles. The van der Waals surface area contributed by atoms with Crippen LogP contribution in [0, 0.1) is 0 Å². The lowest BCUT2D eigenvalue weighted by atomic mass is 10.4. The summed E-state index contributed by atoms with van der Waals surface area (Å²) in [5.74, 6) is -0.236. The molecule has 0 radical (unpaired) electrons. The van der Waals surface area contributed by atoms with E-state index in [9.17, 15) is 4.79 Å². The molecule has 1 heterocycles. The Hall–Kier alpha value is -1.36. The Kier molecular flexibility index (Phi) is 2.22. The number of furan rings is 1. The number of hydrogen-bond donors (Lipinski definition) is 2. The van der Waals surface area contributed by atoms with E-state index in [2.05, 4.69) is 17.5 Å². The van der Waals surface area contributed by atoms with Crippen LogP contribution in [-0.2, 0) is 0 Å². The van der Waals surface area contributed by atoms with E-state index >= 15 is 0 Å². The Morgan fingerprint density at radius 3 is 2.91 bits per heavy atom. The van der Waals surface area contributed by atoms with E-state index in [1.54, 1.807) is 6.07 Å². The molecule has 58 valence electrons. The lowest BCUT2D eigenvalue weighted by Gasteiger charge is -1.96. The van der Waals surface area contributed by atoms with Gasteiger partial charge >= 0.3 is 0 Å². The largest absolute Gasteiger partial charge is 0.459 e. The van der Waals surface area contributed by atoms with E-state index in [-0.39, 0.29) is 10.9 Å². The predicted octanol–water partition coefficient (Wildman–Crippen LogP) is 0.253. The molecular formula is C6H6N2O2S. The van der Waals surface area contributed by atoms with Crippen LogP contribution in [0.25, 0.3) is 0 Å². The molecule has 0 aliphatic rings. The minimum Gasteiger partial charge on any atom is -0.459 e. The third-order valence-corrected chi connectivity index (χ3v) is 1.08. The van der Waals surface area contributed by atoms with Gasteiger partial charge in [-0.25, -0.2) is 0 Å². The zero-order valence-electron chi connectivity index (χ0n) is 5.53. The predicted molar refractivity (Wildman–Crippen MR) is 43.0 cm³/mol. The molecule has 0 saturated heterocycles. The molecule has 0 bridgehead atoms. The zero-order chi connectivity index (χ0) is 8.27. The maximum Gasteiger partial charge on any atom is 0.293 e. The van der Waals surface area contributed by atoms with E-state index in [1.165, 1.54) is 12.3 Å². The average molecular weight is 170 g/mol. The van der Waals surface area contributed by atoms with Gasteiger partial charge in [0, 0.05) is 0 Å². The topological polar surface area (TPSA) is 68.3 Å². The summed E-state index contributed by atoms with van der Waals surface area (Å²) in [6.07, 6.45) is 1.40. The highest BCUT2D eigenvalue weighted by Crippen LogP contribution is 1.98. The Balaban J connectivity index is 2.64. The molecule has 4 nitrogen and oxygen atoms in total. The summed E-state index contributed by atoms with van der Waals surface area (Å²) < 4.78 is 4.77. The molecule has 0 aromatic carbocycles. The highest BCUT2D eigenvalue weighted by atomic mass is 32.1. The fourth-order valence-electron chi connectivity index (χ4n) is 0.581. The quantitative estimate of drug-likeness (QED) is 0.593. The van der Waals surface area contributed by atoms with Crippen molar-refractivity contribution in [2.24, 2.45) is 5.73 Å². The van der Waals surface area contributed by atoms with Gasteiger partial charge in [-0.05, 0) is 24.4 Å². The third kappa shape index (κ3) is 2.05. The summed E-state index contributed by atoms with van der Waals surface area (Å²) in [5.41, 5.74) is 5.06.